The Kier molecular flexibility index (Phi) is 2.46. The molecule has 5 heteroatoms. The highest BCUT2D eigenvalue weighted by Gasteiger charge is 2.24. The van der Waals surface area contributed by atoms with Crippen molar-refractivity contribution in [2.75, 3.05) is 6.54 Å². The van der Waals surface area contributed by atoms with E-state index >= 15 is 0 Å². The number of hydrogen-bond acceptors (Lipinski definition) is 3. The summed E-state index contributed by atoms with van der Waals surface area (Å²) < 4.78 is 2.07. The lowest BCUT2D eigenvalue weighted by Crippen LogP contribution is -2.40. The molecule has 15 heavy (non-hydrogen) atoms. The molecule has 1 amide bonds. The number of carbonyl (C=O) groups excluding carboxylic acids is 1. The van der Waals surface area contributed by atoms with Crippen LogP contribution in [0, 0.1) is 12.8 Å². The van der Waals surface area contributed by atoms with Crippen molar-refractivity contribution in [3.05, 3.63) is 11.6 Å². The van der Waals surface area contributed by atoms with Crippen LogP contribution in [0.4, 0.5) is 0 Å². The average Bonchev–Trinajstić information content (AvgIpc) is 2.59. The van der Waals surface area contributed by atoms with Crippen LogP contribution in [0.25, 0.3) is 0 Å². The minimum atomic E-state index is 0.0561. The van der Waals surface area contributed by atoms with Gasteiger partial charge in [-0.25, -0.2) is 0 Å². The molecule has 0 aromatic carbocycles. The van der Waals surface area contributed by atoms with Gasteiger partial charge in [0.25, 0.3) is 0 Å². The molecule has 82 valence electrons. The highest BCUT2D eigenvalue weighted by Crippen LogP contribution is 2.14. The van der Waals surface area contributed by atoms with E-state index < -0.39 is 0 Å². The topological polar surface area (TPSA) is 51.0 Å². The molecule has 0 saturated carbocycles. The number of aromatic nitrogens is 3. The van der Waals surface area contributed by atoms with Crippen LogP contribution in [0.2, 0.25) is 0 Å². The molecule has 0 aliphatic carbocycles. The predicted octanol–water partition coefficient (Wildman–Crippen LogP) is 0.585. The van der Waals surface area contributed by atoms with Crippen molar-refractivity contribution in [2.24, 2.45) is 5.92 Å². The maximum atomic E-state index is 11.8. The van der Waals surface area contributed by atoms with E-state index in [-0.39, 0.29) is 11.8 Å². The first-order chi connectivity index (χ1) is 7.09. The van der Waals surface area contributed by atoms with Gasteiger partial charge in [-0.1, -0.05) is 13.8 Å². The van der Waals surface area contributed by atoms with E-state index in [0.717, 1.165) is 24.7 Å². The Balaban J connectivity index is 2.16. The van der Waals surface area contributed by atoms with E-state index in [2.05, 4.69) is 14.8 Å². The van der Waals surface area contributed by atoms with Gasteiger partial charge in [0.1, 0.15) is 5.82 Å². The highest BCUT2D eigenvalue weighted by molar-refractivity contribution is 5.78. The number of hydrogen-bond donors (Lipinski definition) is 0. The second-order valence-electron chi connectivity index (χ2n) is 4.23. The first-order valence-electron chi connectivity index (χ1n) is 5.27. The molecule has 1 aliphatic rings. The predicted molar refractivity (Wildman–Crippen MR) is 55.0 cm³/mol. The van der Waals surface area contributed by atoms with Crippen molar-refractivity contribution < 1.29 is 4.79 Å². The van der Waals surface area contributed by atoms with Gasteiger partial charge in [0.2, 0.25) is 5.91 Å². The maximum absolute atomic E-state index is 11.8. The van der Waals surface area contributed by atoms with Gasteiger partial charge in [-0.2, -0.15) is 0 Å². The maximum Gasteiger partial charge on any atom is 0.225 e. The smallest absolute Gasteiger partial charge is 0.225 e. The van der Waals surface area contributed by atoms with Crippen molar-refractivity contribution in [3.8, 4) is 0 Å². The number of rotatable bonds is 1. The molecule has 1 aromatic rings. The van der Waals surface area contributed by atoms with Crippen molar-refractivity contribution in [3.63, 3.8) is 0 Å². The van der Waals surface area contributed by atoms with Crippen LogP contribution in [-0.4, -0.2) is 32.1 Å². The summed E-state index contributed by atoms with van der Waals surface area (Å²) in [6, 6.07) is 0. The van der Waals surface area contributed by atoms with Crippen LogP contribution in [0.1, 0.15) is 25.5 Å². The summed E-state index contributed by atoms with van der Waals surface area (Å²) in [5.41, 5.74) is 0. The monoisotopic (exact) mass is 208 g/mol. The lowest BCUT2D eigenvalue weighted by atomic mass is 10.2. The standard InChI is InChI=1S/C10H16N4O/c1-7(2)10(15)13-4-5-14-8(3)11-12-9(14)6-13/h7H,4-6H2,1-3H3. The highest BCUT2D eigenvalue weighted by atomic mass is 16.2. The van der Waals surface area contributed by atoms with Crippen LogP contribution in [-0.2, 0) is 17.9 Å². The number of amides is 1. The van der Waals surface area contributed by atoms with Crippen LogP contribution >= 0.6 is 0 Å². The molecule has 0 N–H and O–H groups in total. The Bertz CT molecular complexity index is 383. The second-order valence-corrected chi connectivity index (χ2v) is 4.23. The molecular formula is C10H16N4O. The fourth-order valence-corrected chi connectivity index (χ4v) is 1.86. The molecule has 2 rings (SSSR count). The zero-order valence-corrected chi connectivity index (χ0v) is 9.40. The molecular weight excluding hydrogens is 192 g/mol. The van der Waals surface area contributed by atoms with Gasteiger partial charge in [0.15, 0.2) is 5.82 Å². The third-order valence-corrected chi connectivity index (χ3v) is 2.74. The second kappa shape index (κ2) is 3.64. The first kappa shape index (κ1) is 10.1. The summed E-state index contributed by atoms with van der Waals surface area (Å²) in [6.07, 6.45) is 0. The number of carbonyl (C=O) groups is 1. The van der Waals surface area contributed by atoms with Gasteiger partial charge in [-0.3, -0.25) is 4.79 Å². The molecule has 0 unspecified atom stereocenters. The fraction of sp³-hybridized carbons (Fsp3) is 0.700. The zero-order valence-electron chi connectivity index (χ0n) is 9.40. The Morgan fingerprint density at radius 3 is 2.73 bits per heavy atom. The van der Waals surface area contributed by atoms with Gasteiger partial charge in [-0.05, 0) is 6.92 Å². The summed E-state index contributed by atoms with van der Waals surface area (Å²) in [6.45, 7) is 7.96. The minimum absolute atomic E-state index is 0.0561. The molecule has 0 atom stereocenters. The number of nitrogens with zero attached hydrogens (tertiary/aromatic N) is 4. The molecule has 1 aliphatic heterocycles. The zero-order chi connectivity index (χ0) is 11.0. The molecule has 0 bridgehead atoms. The Morgan fingerprint density at radius 1 is 1.33 bits per heavy atom. The van der Waals surface area contributed by atoms with E-state index in [9.17, 15) is 4.79 Å². The van der Waals surface area contributed by atoms with Crippen molar-refractivity contribution >= 4 is 5.91 Å². The first-order valence-corrected chi connectivity index (χ1v) is 5.27. The van der Waals surface area contributed by atoms with E-state index in [4.69, 9.17) is 0 Å². The largest absolute Gasteiger partial charge is 0.333 e. The van der Waals surface area contributed by atoms with Gasteiger partial charge >= 0.3 is 0 Å². The van der Waals surface area contributed by atoms with Crippen LogP contribution in [0.5, 0.6) is 0 Å². The summed E-state index contributed by atoms with van der Waals surface area (Å²) in [4.78, 5) is 13.6. The Labute approximate surface area is 89.1 Å². The van der Waals surface area contributed by atoms with Gasteiger partial charge in [0, 0.05) is 19.0 Å². The molecule has 0 spiro atoms. The molecule has 0 radical (unpaired) electrons. The van der Waals surface area contributed by atoms with Crippen molar-refractivity contribution in [1.29, 1.82) is 0 Å². The third kappa shape index (κ3) is 1.73. The molecule has 5 nitrogen and oxygen atoms in total. The average molecular weight is 208 g/mol. The minimum Gasteiger partial charge on any atom is -0.333 e. The van der Waals surface area contributed by atoms with Crippen LogP contribution in [0.15, 0.2) is 0 Å². The number of fused-ring (bicyclic) bond motifs is 1. The molecule has 0 fully saturated rings. The summed E-state index contributed by atoms with van der Waals surface area (Å²) >= 11 is 0. The fourth-order valence-electron chi connectivity index (χ4n) is 1.86. The van der Waals surface area contributed by atoms with Crippen molar-refractivity contribution in [1.82, 2.24) is 19.7 Å². The van der Waals surface area contributed by atoms with E-state index in [1.54, 1.807) is 0 Å². The third-order valence-electron chi connectivity index (χ3n) is 2.74. The van der Waals surface area contributed by atoms with E-state index in [0.29, 0.717) is 6.54 Å². The summed E-state index contributed by atoms with van der Waals surface area (Å²) in [5.74, 6) is 2.08. The number of aryl methyl sites for hydroxylation is 1. The lowest BCUT2D eigenvalue weighted by Gasteiger charge is -2.28. The van der Waals surface area contributed by atoms with Gasteiger partial charge in [-0.15, -0.1) is 10.2 Å². The quantitative estimate of drug-likeness (QED) is 0.678. The molecule has 1 aromatic heterocycles. The van der Waals surface area contributed by atoms with Crippen molar-refractivity contribution in [2.45, 2.75) is 33.9 Å². The van der Waals surface area contributed by atoms with Crippen LogP contribution in [0.3, 0.4) is 0 Å². The van der Waals surface area contributed by atoms with Gasteiger partial charge < -0.3 is 9.47 Å². The summed E-state index contributed by atoms with van der Waals surface area (Å²) in [7, 11) is 0. The summed E-state index contributed by atoms with van der Waals surface area (Å²) in [5, 5.41) is 8.08. The molecule has 2 heterocycles. The van der Waals surface area contributed by atoms with Crippen LogP contribution < -0.4 is 0 Å². The lowest BCUT2D eigenvalue weighted by molar-refractivity contribution is -0.136. The Morgan fingerprint density at radius 2 is 2.07 bits per heavy atom. The Hall–Kier alpha value is -1.39. The van der Waals surface area contributed by atoms with Gasteiger partial charge in [0.05, 0.1) is 6.54 Å². The van der Waals surface area contributed by atoms with E-state index in [1.165, 1.54) is 0 Å². The normalized spacial score (nSPS) is 15.6. The SMILES string of the molecule is Cc1nnc2n1CCN(C(=O)C(C)C)C2. The molecule has 0 saturated heterocycles. The van der Waals surface area contributed by atoms with E-state index in [1.807, 2.05) is 25.7 Å².